The predicted octanol–water partition coefficient (Wildman–Crippen LogP) is 1.69. The minimum atomic E-state index is -0.466. The number of hydrogen-bond donors (Lipinski definition) is 0. The number of nitrogens with zero attached hydrogens (tertiary/aromatic N) is 2. The molecule has 0 radical (unpaired) electrons. The summed E-state index contributed by atoms with van der Waals surface area (Å²) in [5.41, 5.74) is 0. The molecular weight excluding hydrogens is 207 g/mol. The maximum Gasteiger partial charge on any atom is 0.213 e. The van der Waals surface area contributed by atoms with Gasteiger partial charge in [0.1, 0.15) is 12.4 Å². The molecule has 2 heterocycles. The molecule has 0 aromatic carbocycles. The van der Waals surface area contributed by atoms with E-state index in [2.05, 4.69) is 16.9 Å². The maximum atomic E-state index is 12.6. The fraction of sp³-hybridized carbons (Fsp3) is 0.583. The van der Waals surface area contributed by atoms with Crippen LogP contribution in [0.1, 0.15) is 12.8 Å². The van der Waals surface area contributed by atoms with Crippen LogP contribution < -0.4 is 4.74 Å². The van der Waals surface area contributed by atoms with E-state index in [9.17, 15) is 4.39 Å². The minimum Gasteiger partial charge on any atom is -0.490 e. The summed E-state index contributed by atoms with van der Waals surface area (Å²) in [5, 5.41) is 0. The van der Waals surface area contributed by atoms with Gasteiger partial charge in [0.05, 0.1) is 6.20 Å². The van der Waals surface area contributed by atoms with Crippen molar-refractivity contribution in [3.05, 3.63) is 24.3 Å². The van der Waals surface area contributed by atoms with E-state index in [0.717, 1.165) is 12.0 Å². The zero-order valence-electron chi connectivity index (χ0n) is 9.27. The Morgan fingerprint density at radius 1 is 1.50 bits per heavy atom. The monoisotopic (exact) mass is 222 g/mol. The fourth-order valence-corrected chi connectivity index (χ4v) is 2.60. The van der Waals surface area contributed by atoms with E-state index >= 15 is 0 Å². The standard InChI is InChI=1S/C12H15FN2O/c1-15-9(4-8-5-11(8)15)7-16-10-2-3-12(13)14-6-10/h2-3,6,8-9,11H,4-5,7H2,1H3/t8-,9-,11+/m0/s1. The first-order valence-corrected chi connectivity index (χ1v) is 5.70. The molecule has 0 amide bonds. The van der Waals surface area contributed by atoms with Gasteiger partial charge in [-0.15, -0.1) is 0 Å². The molecule has 0 unspecified atom stereocenters. The van der Waals surface area contributed by atoms with Crippen molar-refractivity contribution in [2.75, 3.05) is 13.7 Å². The first kappa shape index (κ1) is 10.0. The lowest BCUT2D eigenvalue weighted by Gasteiger charge is -2.22. The van der Waals surface area contributed by atoms with Gasteiger partial charge in [0.2, 0.25) is 5.95 Å². The SMILES string of the molecule is CN1[C@H](COc2ccc(F)nc2)C[C@H]2C[C@H]21. The summed E-state index contributed by atoms with van der Waals surface area (Å²) in [7, 11) is 2.16. The summed E-state index contributed by atoms with van der Waals surface area (Å²) in [4.78, 5) is 5.97. The van der Waals surface area contributed by atoms with E-state index in [4.69, 9.17) is 4.74 Å². The molecular formula is C12H15FN2O. The highest BCUT2D eigenvalue weighted by Gasteiger charge is 2.50. The van der Waals surface area contributed by atoms with Crippen molar-refractivity contribution in [2.45, 2.75) is 24.9 Å². The van der Waals surface area contributed by atoms with Crippen LogP contribution in [0.2, 0.25) is 0 Å². The molecule has 3 rings (SSSR count). The molecule has 1 aromatic rings. The Hall–Kier alpha value is -1.16. The van der Waals surface area contributed by atoms with E-state index in [0.29, 0.717) is 18.4 Å². The molecule has 1 saturated carbocycles. The van der Waals surface area contributed by atoms with Gasteiger partial charge < -0.3 is 4.74 Å². The second-order valence-electron chi connectivity index (χ2n) is 4.75. The van der Waals surface area contributed by atoms with Crippen LogP contribution in [0.25, 0.3) is 0 Å². The molecule has 86 valence electrons. The minimum absolute atomic E-state index is 0.466. The Morgan fingerprint density at radius 2 is 2.38 bits per heavy atom. The van der Waals surface area contributed by atoms with Gasteiger partial charge >= 0.3 is 0 Å². The average molecular weight is 222 g/mol. The highest BCUT2D eigenvalue weighted by atomic mass is 19.1. The summed E-state index contributed by atoms with van der Waals surface area (Å²) >= 11 is 0. The maximum absolute atomic E-state index is 12.6. The van der Waals surface area contributed by atoms with Crippen LogP contribution in [0.15, 0.2) is 18.3 Å². The van der Waals surface area contributed by atoms with Gasteiger partial charge in [-0.05, 0) is 37.9 Å². The molecule has 3 atom stereocenters. The quantitative estimate of drug-likeness (QED) is 0.728. The van der Waals surface area contributed by atoms with E-state index < -0.39 is 5.95 Å². The van der Waals surface area contributed by atoms with Crippen molar-refractivity contribution in [1.82, 2.24) is 9.88 Å². The third-order valence-electron chi connectivity index (χ3n) is 3.70. The van der Waals surface area contributed by atoms with Crippen LogP contribution in [0.3, 0.4) is 0 Å². The van der Waals surface area contributed by atoms with E-state index in [-0.39, 0.29) is 0 Å². The Bertz CT molecular complexity index is 381. The van der Waals surface area contributed by atoms with E-state index in [1.807, 2.05) is 0 Å². The summed E-state index contributed by atoms with van der Waals surface area (Å²) in [6.07, 6.45) is 4.02. The van der Waals surface area contributed by atoms with Crippen LogP contribution in [-0.4, -0.2) is 35.6 Å². The lowest BCUT2D eigenvalue weighted by atomic mass is 10.2. The number of likely N-dealkylation sites (N-methyl/N-ethyl adjacent to an activating group) is 1. The van der Waals surface area contributed by atoms with Crippen molar-refractivity contribution in [3.8, 4) is 5.75 Å². The van der Waals surface area contributed by atoms with Gasteiger partial charge in [0.25, 0.3) is 0 Å². The van der Waals surface area contributed by atoms with Crippen molar-refractivity contribution in [2.24, 2.45) is 5.92 Å². The zero-order valence-corrected chi connectivity index (χ0v) is 9.27. The lowest BCUT2D eigenvalue weighted by molar-refractivity contribution is 0.176. The van der Waals surface area contributed by atoms with Crippen LogP contribution in [0, 0.1) is 11.9 Å². The average Bonchev–Trinajstić information content (AvgIpc) is 2.99. The zero-order chi connectivity index (χ0) is 11.1. The van der Waals surface area contributed by atoms with Crippen LogP contribution in [-0.2, 0) is 0 Å². The Kier molecular flexibility index (Phi) is 2.32. The molecule has 1 aliphatic carbocycles. The largest absolute Gasteiger partial charge is 0.490 e. The van der Waals surface area contributed by atoms with Crippen molar-refractivity contribution >= 4 is 0 Å². The molecule has 0 spiro atoms. The molecule has 2 aliphatic rings. The second-order valence-corrected chi connectivity index (χ2v) is 4.75. The number of ether oxygens (including phenoxy) is 1. The van der Waals surface area contributed by atoms with Gasteiger partial charge in [-0.3, -0.25) is 4.90 Å². The van der Waals surface area contributed by atoms with Crippen LogP contribution in [0.5, 0.6) is 5.75 Å². The number of fused-ring (bicyclic) bond motifs is 1. The van der Waals surface area contributed by atoms with Gasteiger partial charge in [0, 0.05) is 12.1 Å². The molecule has 4 heteroatoms. The summed E-state index contributed by atoms with van der Waals surface area (Å²) in [6.45, 7) is 0.677. The van der Waals surface area contributed by atoms with Crippen LogP contribution in [0.4, 0.5) is 4.39 Å². The molecule has 0 N–H and O–H groups in total. The molecule has 3 nitrogen and oxygen atoms in total. The molecule has 1 saturated heterocycles. The first-order chi connectivity index (χ1) is 7.74. The third kappa shape index (κ3) is 1.78. The van der Waals surface area contributed by atoms with Gasteiger partial charge in [-0.1, -0.05) is 0 Å². The Morgan fingerprint density at radius 3 is 3.00 bits per heavy atom. The molecule has 1 aromatic heterocycles. The molecule has 2 fully saturated rings. The smallest absolute Gasteiger partial charge is 0.213 e. The van der Waals surface area contributed by atoms with Crippen molar-refractivity contribution in [3.63, 3.8) is 0 Å². The van der Waals surface area contributed by atoms with Gasteiger partial charge in [0.15, 0.2) is 0 Å². The second kappa shape index (κ2) is 3.70. The Labute approximate surface area is 94.2 Å². The highest BCUT2D eigenvalue weighted by Crippen LogP contribution is 2.46. The lowest BCUT2D eigenvalue weighted by Crippen LogP contribution is -2.33. The Balaban J connectivity index is 1.55. The molecule has 1 aliphatic heterocycles. The van der Waals surface area contributed by atoms with Crippen molar-refractivity contribution < 1.29 is 9.13 Å². The van der Waals surface area contributed by atoms with Crippen LogP contribution >= 0.6 is 0 Å². The predicted molar refractivity (Wildman–Crippen MR) is 57.8 cm³/mol. The number of pyridine rings is 1. The number of aromatic nitrogens is 1. The summed E-state index contributed by atoms with van der Waals surface area (Å²) in [6, 6.07) is 4.25. The third-order valence-corrected chi connectivity index (χ3v) is 3.70. The number of hydrogen-bond acceptors (Lipinski definition) is 3. The number of likely N-dealkylation sites (tertiary alicyclic amines) is 1. The molecule has 16 heavy (non-hydrogen) atoms. The number of piperidine rings is 1. The van der Waals surface area contributed by atoms with E-state index in [1.54, 1.807) is 6.07 Å². The van der Waals surface area contributed by atoms with Gasteiger partial charge in [-0.25, -0.2) is 4.98 Å². The number of halogens is 1. The highest BCUT2D eigenvalue weighted by molar-refractivity contribution is 5.16. The van der Waals surface area contributed by atoms with E-state index in [1.165, 1.54) is 25.1 Å². The summed E-state index contributed by atoms with van der Waals surface area (Å²) in [5.74, 6) is 1.08. The topological polar surface area (TPSA) is 25.4 Å². The normalized spacial score (nSPS) is 32.5. The van der Waals surface area contributed by atoms with Gasteiger partial charge in [-0.2, -0.15) is 4.39 Å². The molecule has 0 bridgehead atoms. The first-order valence-electron chi connectivity index (χ1n) is 5.70. The van der Waals surface area contributed by atoms with Crippen molar-refractivity contribution in [1.29, 1.82) is 0 Å². The fourth-order valence-electron chi connectivity index (χ4n) is 2.60. The summed E-state index contributed by atoms with van der Waals surface area (Å²) < 4.78 is 18.2. The number of rotatable bonds is 3.